The van der Waals surface area contributed by atoms with Gasteiger partial charge in [-0.15, -0.1) is 6.58 Å². The predicted molar refractivity (Wildman–Crippen MR) is 63.3 cm³/mol. The highest BCUT2D eigenvalue weighted by Gasteiger charge is 2.48. The molecular weight excluding hydrogens is 188 g/mol. The topological polar surface area (TPSA) is 47.3 Å². The van der Waals surface area contributed by atoms with Gasteiger partial charge < -0.3 is 4.74 Å². The third kappa shape index (κ3) is 2.80. The summed E-state index contributed by atoms with van der Waals surface area (Å²) in [6.45, 7) is 12.3. The summed E-state index contributed by atoms with van der Waals surface area (Å²) >= 11 is 0. The number of rotatable bonds is 4. The number of hydrogen-bond donors (Lipinski definition) is 2. The van der Waals surface area contributed by atoms with Crippen LogP contribution in [0, 0.1) is 5.92 Å². The lowest BCUT2D eigenvalue weighted by atomic mass is 9.80. The van der Waals surface area contributed by atoms with Crippen LogP contribution in [0.25, 0.3) is 0 Å². The maximum Gasteiger partial charge on any atom is 0.0678 e. The predicted octanol–water partition coefficient (Wildman–Crippen LogP) is 1.99. The molecule has 0 aromatic rings. The molecule has 0 aromatic heterocycles. The molecule has 1 heterocycles. The van der Waals surface area contributed by atoms with Gasteiger partial charge in [0, 0.05) is 12.0 Å². The smallest absolute Gasteiger partial charge is 0.0678 e. The second-order valence-electron chi connectivity index (χ2n) is 5.57. The fourth-order valence-corrected chi connectivity index (χ4v) is 2.76. The lowest BCUT2D eigenvalue weighted by Gasteiger charge is -2.32. The highest BCUT2D eigenvalue weighted by Crippen LogP contribution is 2.43. The Bertz CT molecular complexity index is 236. The molecule has 1 aliphatic rings. The Kier molecular flexibility index (Phi) is 3.59. The van der Waals surface area contributed by atoms with E-state index in [9.17, 15) is 0 Å². The van der Waals surface area contributed by atoms with E-state index in [1.807, 2.05) is 6.08 Å². The van der Waals surface area contributed by atoms with Crippen LogP contribution >= 0.6 is 0 Å². The van der Waals surface area contributed by atoms with Crippen LogP contribution in [0.2, 0.25) is 0 Å². The summed E-state index contributed by atoms with van der Waals surface area (Å²) in [6, 6.07) is 0.249. The molecule has 0 aliphatic carbocycles. The summed E-state index contributed by atoms with van der Waals surface area (Å²) in [5, 5.41) is 0. The zero-order valence-corrected chi connectivity index (χ0v) is 10.3. The van der Waals surface area contributed by atoms with Crippen LogP contribution in [0.15, 0.2) is 12.7 Å². The first-order chi connectivity index (χ1) is 6.82. The Hall–Kier alpha value is -0.380. The molecule has 0 aromatic carbocycles. The van der Waals surface area contributed by atoms with E-state index < -0.39 is 0 Å². The summed E-state index contributed by atoms with van der Waals surface area (Å²) < 4.78 is 6.05. The molecule has 2 atom stereocenters. The highest BCUT2D eigenvalue weighted by atomic mass is 16.5. The number of nitrogens with one attached hydrogen (secondary N) is 1. The Morgan fingerprint density at radius 2 is 2.13 bits per heavy atom. The molecule has 3 heteroatoms. The SMILES string of the molecule is C=CCC(NN)C1CC(C)(C)OC1(C)C. The van der Waals surface area contributed by atoms with E-state index in [0.29, 0.717) is 5.92 Å². The quantitative estimate of drug-likeness (QED) is 0.425. The van der Waals surface area contributed by atoms with Crippen molar-refractivity contribution in [2.75, 3.05) is 0 Å². The van der Waals surface area contributed by atoms with Crippen LogP contribution in [0.1, 0.15) is 40.5 Å². The largest absolute Gasteiger partial charge is 0.369 e. The number of nitrogens with two attached hydrogens (primary N) is 1. The molecule has 2 unspecified atom stereocenters. The summed E-state index contributed by atoms with van der Waals surface area (Å²) in [5.41, 5.74) is 2.71. The van der Waals surface area contributed by atoms with E-state index in [4.69, 9.17) is 10.6 Å². The van der Waals surface area contributed by atoms with E-state index in [-0.39, 0.29) is 17.2 Å². The molecule has 0 bridgehead atoms. The first-order valence-electron chi connectivity index (χ1n) is 5.59. The molecule has 1 saturated heterocycles. The minimum atomic E-state index is -0.121. The number of hydrazine groups is 1. The van der Waals surface area contributed by atoms with Crippen molar-refractivity contribution in [3.05, 3.63) is 12.7 Å². The van der Waals surface area contributed by atoms with Gasteiger partial charge in [0.1, 0.15) is 0 Å². The minimum absolute atomic E-state index is 0.0512. The lowest BCUT2D eigenvalue weighted by Crippen LogP contribution is -2.46. The molecule has 0 amide bonds. The van der Waals surface area contributed by atoms with Crippen LogP contribution in [0.5, 0.6) is 0 Å². The normalized spacial score (nSPS) is 30.1. The zero-order chi connectivity index (χ0) is 11.7. The van der Waals surface area contributed by atoms with Crippen molar-refractivity contribution in [1.82, 2.24) is 5.43 Å². The fraction of sp³-hybridized carbons (Fsp3) is 0.833. The van der Waals surface area contributed by atoms with Gasteiger partial charge in [0.15, 0.2) is 0 Å². The Morgan fingerprint density at radius 3 is 2.47 bits per heavy atom. The molecule has 0 saturated carbocycles. The van der Waals surface area contributed by atoms with E-state index >= 15 is 0 Å². The molecular formula is C12H24N2O. The molecule has 1 fully saturated rings. The van der Waals surface area contributed by atoms with Crippen LogP contribution in [-0.2, 0) is 4.74 Å². The highest BCUT2D eigenvalue weighted by molar-refractivity contribution is 5.00. The van der Waals surface area contributed by atoms with Gasteiger partial charge in [-0.2, -0.15) is 0 Å². The maximum atomic E-state index is 6.05. The summed E-state index contributed by atoms with van der Waals surface area (Å²) in [4.78, 5) is 0. The van der Waals surface area contributed by atoms with Crippen molar-refractivity contribution in [2.45, 2.75) is 57.8 Å². The standard InChI is InChI=1S/C12H24N2O/c1-6-7-10(14-13)9-8-11(2,3)15-12(9,4)5/h6,9-10,14H,1,7-8,13H2,2-5H3. The molecule has 15 heavy (non-hydrogen) atoms. The van der Waals surface area contributed by atoms with Crippen molar-refractivity contribution >= 4 is 0 Å². The molecule has 0 radical (unpaired) electrons. The van der Waals surface area contributed by atoms with Gasteiger partial charge in [0.05, 0.1) is 11.2 Å². The maximum absolute atomic E-state index is 6.05. The molecule has 1 rings (SSSR count). The first-order valence-corrected chi connectivity index (χ1v) is 5.59. The van der Waals surface area contributed by atoms with Crippen LogP contribution in [-0.4, -0.2) is 17.2 Å². The van der Waals surface area contributed by atoms with E-state index in [1.54, 1.807) is 0 Å². The van der Waals surface area contributed by atoms with E-state index in [0.717, 1.165) is 12.8 Å². The van der Waals surface area contributed by atoms with E-state index in [1.165, 1.54) is 0 Å². The van der Waals surface area contributed by atoms with Gasteiger partial charge in [-0.25, -0.2) is 0 Å². The van der Waals surface area contributed by atoms with Crippen LogP contribution in [0.4, 0.5) is 0 Å². The van der Waals surface area contributed by atoms with E-state index in [2.05, 4.69) is 39.7 Å². The third-order valence-electron chi connectivity index (χ3n) is 3.26. The molecule has 3 nitrogen and oxygen atoms in total. The van der Waals surface area contributed by atoms with Crippen LogP contribution < -0.4 is 11.3 Å². The summed E-state index contributed by atoms with van der Waals surface area (Å²) in [6.07, 6.45) is 3.82. The second kappa shape index (κ2) is 4.24. The van der Waals surface area contributed by atoms with Crippen molar-refractivity contribution in [2.24, 2.45) is 11.8 Å². The molecule has 3 N–H and O–H groups in total. The average Bonchev–Trinajstić information content (AvgIpc) is 2.30. The first kappa shape index (κ1) is 12.7. The third-order valence-corrected chi connectivity index (χ3v) is 3.26. The van der Waals surface area contributed by atoms with Gasteiger partial charge in [-0.1, -0.05) is 6.08 Å². The van der Waals surface area contributed by atoms with Gasteiger partial charge >= 0.3 is 0 Å². The van der Waals surface area contributed by atoms with Gasteiger partial charge in [0.25, 0.3) is 0 Å². The van der Waals surface area contributed by atoms with Gasteiger partial charge in [-0.3, -0.25) is 11.3 Å². The zero-order valence-electron chi connectivity index (χ0n) is 10.3. The number of ether oxygens (including phenoxy) is 1. The van der Waals surface area contributed by atoms with Crippen LogP contribution in [0.3, 0.4) is 0 Å². The fourth-order valence-electron chi connectivity index (χ4n) is 2.76. The van der Waals surface area contributed by atoms with Crippen molar-refractivity contribution in [1.29, 1.82) is 0 Å². The molecule has 1 aliphatic heterocycles. The Labute approximate surface area is 93.0 Å². The Morgan fingerprint density at radius 1 is 1.53 bits per heavy atom. The summed E-state index contributed by atoms with van der Waals surface area (Å²) in [5.74, 6) is 6.02. The van der Waals surface area contributed by atoms with Crippen molar-refractivity contribution < 1.29 is 4.74 Å². The molecule has 0 spiro atoms. The van der Waals surface area contributed by atoms with Crippen molar-refractivity contribution in [3.8, 4) is 0 Å². The monoisotopic (exact) mass is 212 g/mol. The minimum Gasteiger partial charge on any atom is -0.369 e. The Balaban J connectivity index is 2.80. The average molecular weight is 212 g/mol. The van der Waals surface area contributed by atoms with Gasteiger partial charge in [0.2, 0.25) is 0 Å². The lowest BCUT2D eigenvalue weighted by molar-refractivity contribution is -0.0775. The van der Waals surface area contributed by atoms with Crippen molar-refractivity contribution in [3.63, 3.8) is 0 Å². The second-order valence-corrected chi connectivity index (χ2v) is 5.57. The molecule has 88 valence electrons. The summed E-state index contributed by atoms with van der Waals surface area (Å²) in [7, 11) is 0. The van der Waals surface area contributed by atoms with Gasteiger partial charge in [-0.05, 0) is 40.5 Å². The number of hydrogen-bond acceptors (Lipinski definition) is 3.